The van der Waals surface area contributed by atoms with Crippen LogP contribution in [0.1, 0.15) is 33.1 Å². The van der Waals surface area contributed by atoms with E-state index in [2.05, 4.69) is 18.6 Å². The summed E-state index contributed by atoms with van der Waals surface area (Å²) in [5.41, 5.74) is 1.51. The quantitative estimate of drug-likeness (QED) is 0.689. The maximum absolute atomic E-state index is 11.5. The minimum absolute atomic E-state index is 0.0207. The molecule has 0 spiro atoms. The normalized spacial score (nSPS) is 18.5. The number of hydrogen-bond acceptors (Lipinski definition) is 4. The molecule has 0 atom stereocenters. The molecule has 0 bridgehead atoms. The number of methoxy groups -OCH3 is 2. The van der Waals surface area contributed by atoms with Gasteiger partial charge in [-0.1, -0.05) is 13.8 Å². The van der Waals surface area contributed by atoms with Crippen molar-refractivity contribution in [1.82, 2.24) is 0 Å². The zero-order chi connectivity index (χ0) is 12.3. The van der Waals surface area contributed by atoms with Gasteiger partial charge in [-0.15, -0.1) is 0 Å². The fourth-order valence-electron chi connectivity index (χ4n) is 2.11. The molecule has 0 heterocycles. The Labute approximate surface area is 95.6 Å². The van der Waals surface area contributed by atoms with Crippen LogP contribution in [-0.2, 0) is 19.1 Å². The minimum Gasteiger partial charge on any atom is -0.469 e. The largest absolute Gasteiger partial charge is 0.469 e. The summed E-state index contributed by atoms with van der Waals surface area (Å²) >= 11 is 0. The van der Waals surface area contributed by atoms with Crippen LogP contribution >= 0.6 is 0 Å². The van der Waals surface area contributed by atoms with E-state index in [4.69, 9.17) is 4.74 Å². The lowest BCUT2D eigenvalue weighted by molar-refractivity contribution is -0.139. The molecule has 16 heavy (non-hydrogen) atoms. The van der Waals surface area contributed by atoms with Crippen LogP contribution in [0.5, 0.6) is 0 Å². The molecule has 90 valence electrons. The van der Waals surface area contributed by atoms with Crippen LogP contribution < -0.4 is 0 Å². The Morgan fingerprint density at radius 3 is 2.31 bits per heavy atom. The molecule has 4 heteroatoms. The highest BCUT2D eigenvalue weighted by atomic mass is 16.5. The van der Waals surface area contributed by atoms with Gasteiger partial charge in [0.15, 0.2) is 0 Å². The van der Waals surface area contributed by atoms with Gasteiger partial charge in [0.05, 0.1) is 20.6 Å². The van der Waals surface area contributed by atoms with Gasteiger partial charge in [0.25, 0.3) is 0 Å². The summed E-state index contributed by atoms with van der Waals surface area (Å²) in [6.45, 7) is 4.14. The van der Waals surface area contributed by atoms with Gasteiger partial charge in [-0.05, 0) is 23.8 Å². The van der Waals surface area contributed by atoms with Crippen LogP contribution in [0.3, 0.4) is 0 Å². The van der Waals surface area contributed by atoms with Crippen molar-refractivity contribution in [1.29, 1.82) is 0 Å². The second kappa shape index (κ2) is 4.68. The third kappa shape index (κ3) is 2.84. The predicted octanol–water partition coefficient (Wildman–Crippen LogP) is 1.84. The van der Waals surface area contributed by atoms with Crippen molar-refractivity contribution < 1.29 is 19.1 Å². The molecule has 1 aliphatic carbocycles. The van der Waals surface area contributed by atoms with Crippen molar-refractivity contribution in [2.24, 2.45) is 5.41 Å². The average molecular weight is 226 g/mol. The maximum atomic E-state index is 11.5. The van der Waals surface area contributed by atoms with E-state index in [1.807, 2.05) is 0 Å². The standard InChI is InChI=1S/C12H18O4/c1-12(2)6-8(5-10(13)15-3)9(7-12)11(14)16-4/h5-7H2,1-4H3. The van der Waals surface area contributed by atoms with Crippen LogP contribution in [-0.4, -0.2) is 26.2 Å². The van der Waals surface area contributed by atoms with E-state index < -0.39 is 0 Å². The lowest BCUT2D eigenvalue weighted by Crippen LogP contribution is -2.09. The average Bonchev–Trinajstić information content (AvgIpc) is 2.52. The number of rotatable bonds is 3. The Morgan fingerprint density at radius 2 is 1.81 bits per heavy atom. The third-order valence-corrected chi connectivity index (χ3v) is 2.79. The Balaban J connectivity index is 2.89. The molecule has 0 aromatic carbocycles. The number of carbonyl (C=O) groups excluding carboxylic acids is 2. The van der Waals surface area contributed by atoms with Crippen LogP contribution in [0.4, 0.5) is 0 Å². The molecule has 0 aromatic rings. The van der Waals surface area contributed by atoms with Gasteiger partial charge in [-0.2, -0.15) is 0 Å². The topological polar surface area (TPSA) is 52.6 Å². The fraction of sp³-hybridized carbons (Fsp3) is 0.667. The van der Waals surface area contributed by atoms with E-state index in [9.17, 15) is 9.59 Å². The van der Waals surface area contributed by atoms with Gasteiger partial charge < -0.3 is 9.47 Å². The van der Waals surface area contributed by atoms with E-state index in [0.29, 0.717) is 12.0 Å². The Morgan fingerprint density at radius 1 is 1.19 bits per heavy atom. The predicted molar refractivity (Wildman–Crippen MR) is 58.7 cm³/mol. The molecule has 0 saturated heterocycles. The van der Waals surface area contributed by atoms with Gasteiger partial charge in [0.1, 0.15) is 0 Å². The van der Waals surface area contributed by atoms with Gasteiger partial charge in [0, 0.05) is 5.57 Å². The molecule has 0 fully saturated rings. The van der Waals surface area contributed by atoms with Crippen molar-refractivity contribution in [3.8, 4) is 0 Å². The maximum Gasteiger partial charge on any atom is 0.333 e. The van der Waals surface area contributed by atoms with E-state index in [1.165, 1.54) is 14.2 Å². The summed E-state index contributed by atoms with van der Waals surface area (Å²) in [4.78, 5) is 22.8. The molecular weight excluding hydrogens is 208 g/mol. The number of ether oxygens (including phenoxy) is 2. The van der Waals surface area contributed by atoms with Crippen LogP contribution in [0, 0.1) is 5.41 Å². The van der Waals surface area contributed by atoms with E-state index in [0.717, 1.165) is 12.0 Å². The van der Waals surface area contributed by atoms with Gasteiger partial charge in [0.2, 0.25) is 0 Å². The molecule has 4 nitrogen and oxygen atoms in total. The van der Waals surface area contributed by atoms with Crippen molar-refractivity contribution >= 4 is 11.9 Å². The first-order chi connectivity index (χ1) is 7.39. The first kappa shape index (κ1) is 12.7. The summed E-state index contributed by atoms with van der Waals surface area (Å²) in [7, 11) is 2.71. The fourth-order valence-corrected chi connectivity index (χ4v) is 2.11. The van der Waals surface area contributed by atoms with E-state index in [1.54, 1.807) is 0 Å². The van der Waals surface area contributed by atoms with Crippen LogP contribution in [0.25, 0.3) is 0 Å². The highest BCUT2D eigenvalue weighted by Crippen LogP contribution is 2.42. The monoisotopic (exact) mass is 226 g/mol. The molecular formula is C12H18O4. The molecule has 0 aliphatic heterocycles. The second-order valence-electron chi connectivity index (χ2n) is 4.84. The molecule has 0 radical (unpaired) electrons. The van der Waals surface area contributed by atoms with Crippen LogP contribution in [0.15, 0.2) is 11.1 Å². The Bertz CT molecular complexity index is 339. The van der Waals surface area contributed by atoms with E-state index in [-0.39, 0.29) is 23.8 Å². The molecule has 0 aromatic heterocycles. The first-order valence-electron chi connectivity index (χ1n) is 5.25. The SMILES string of the molecule is COC(=O)CC1=C(C(=O)OC)CC(C)(C)C1. The molecule has 1 aliphatic rings. The minimum atomic E-state index is -0.329. The summed E-state index contributed by atoms with van der Waals surface area (Å²) in [6.07, 6.45) is 1.59. The highest BCUT2D eigenvalue weighted by Gasteiger charge is 2.35. The Hall–Kier alpha value is -1.32. The smallest absolute Gasteiger partial charge is 0.333 e. The summed E-state index contributed by atoms with van der Waals surface area (Å²) < 4.78 is 9.34. The zero-order valence-electron chi connectivity index (χ0n) is 10.3. The molecule has 0 saturated carbocycles. The van der Waals surface area contributed by atoms with Crippen molar-refractivity contribution in [2.45, 2.75) is 33.1 Å². The Kier molecular flexibility index (Phi) is 3.73. The second-order valence-corrected chi connectivity index (χ2v) is 4.84. The third-order valence-electron chi connectivity index (χ3n) is 2.79. The zero-order valence-corrected chi connectivity index (χ0v) is 10.3. The van der Waals surface area contributed by atoms with Crippen molar-refractivity contribution in [3.63, 3.8) is 0 Å². The molecule has 0 N–H and O–H groups in total. The van der Waals surface area contributed by atoms with Crippen molar-refractivity contribution in [2.75, 3.05) is 14.2 Å². The lowest BCUT2D eigenvalue weighted by Gasteiger charge is -2.16. The molecule has 1 rings (SSSR count). The van der Waals surface area contributed by atoms with E-state index >= 15 is 0 Å². The molecule has 0 amide bonds. The van der Waals surface area contributed by atoms with Gasteiger partial charge >= 0.3 is 11.9 Å². The molecule has 0 unspecified atom stereocenters. The summed E-state index contributed by atoms with van der Waals surface area (Å²) in [5, 5.41) is 0. The van der Waals surface area contributed by atoms with Crippen LogP contribution in [0.2, 0.25) is 0 Å². The number of hydrogen-bond donors (Lipinski definition) is 0. The summed E-state index contributed by atoms with van der Waals surface area (Å²) in [5.74, 6) is -0.640. The lowest BCUT2D eigenvalue weighted by atomic mass is 9.88. The summed E-state index contributed by atoms with van der Waals surface area (Å²) in [6, 6.07) is 0. The number of carbonyl (C=O) groups is 2. The van der Waals surface area contributed by atoms with Gasteiger partial charge in [-0.3, -0.25) is 4.79 Å². The number of esters is 2. The highest BCUT2D eigenvalue weighted by molar-refractivity contribution is 5.91. The van der Waals surface area contributed by atoms with Crippen molar-refractivity contribution in [3.05, 3.63) is 11.1 Å². The van der Waals surface area contributed by atoms with Gasteiger partial charge in [-0.25, -0.2) is 4.79 Å². The first-order valence-corrected chi connectivity index (χ1v) is 5.25.